The fourth-order valence-corrected chi connectivity index (χ4v) is 1.65. The zero-order valence-corrected chi connectivity index (χ0v) is 12.6. The van der Waals surface area contributed by atoms with E-state index in [0.717, 1.165) is 0 Å². The highest BCUT2D eigenvalue weighted by Crippen LogP contribution is 2.26. The van der Waals surface area contributed by atoms with Crippen LogP contribution >= 0.6 is 34.8 Å². The van der Waals surface area contributed by atoms with E-state index in [0.29, 0.717) is 6.54 Å². The summed E-state index contributed by atoms with van der Waals surface area (Å²) in [5.74, 6) is -0.544. The zero-order valence-electron chi connectivity index (χ0n) is 10.3. The first-order valence-corrected chi connectivity index (χ1v) is 6.63. The monoisotopic (exact) mass is 333 g/mol. The highest BCUT2D eigenvalue weighted by Gasteiger charge is 2.39. The van der Waals surface area contributed by atoms with E-state index in [2.05, 4.69) is 10.1 Å². The predicted octanol–water partition coefficient (Wildman–Crippen LogP) is 2.01. The summed E-state index contributed by atoms with van der Waals surface area (Å²) in [5, 5.41) is 2.90. The third-order valence-corrected chi connectivity index (χ3v) is 2.80. The van der Waals surface area contributed by atoms with Gasteiger partial charge in [0.15, 0.2) is 6.23 Å². The molecule has 0 aromatic heterocycles. The van der Waals surface area contributed by atoms with Gasteiger partial charge < -0.3 is 14.2 Å². The molecule has 1 rings (SSSR count). The summed E-state index contributed by atoms with van der Waals surface area (Å²) in [5.41, 5.74) is 0. The minimum atomic E-state index is -1.68. The molecule has 6 nitrogen and oxygen atoms in total. The molecule has 19 heavy (non-hydrogen) atoms. The van der Waals surface area contributed by atoms with Gasteiger partial charge in [-0.1, -0.05) is 34.8 Å². The van der Waals surface area contributed by atoms with E-state index in [4.69, 9.17) is 44.3 Å². The van der Waals surface area contributed by atoms with E-state index in [1.807, 2.05) is 0 Å². The van der Waals surface area contributed by atoms with Crippen LogP contribution < -0.4 is 5.32 Å². The van der Waals surface area contributed by atoms with Gasteiger partial charge in [0, 0.05) is 13.5 Å². The molecule has 9 heteroatoms. The van der Waals surface area contributed by atoms with E-state index in [1.165, 1.54) is 6.92 Å². The van der Waals surface area contributed by atoms with E-state index >= 15 is 0 Å². The van der Waals surface area contributed by atoms with E-state index in [1.54, 1.807) is 6.92 Å². The molecule has 110 valence electrons. The molecule has 0 aliphatic carbocycles. The number of nitrogens with one attached hydrogen (secondary N) is 1. The minimum absolute atomic E-state index is 0.135. The van der Waals surface area contributed by atoms with Gasteiger partial charge >= 0.3 is 12.1 Å². The van der Waals surface area contributed by atoms with Crippen LogP contribution in [0.15, 0.2) is 0 Å². The maximum atomic E-state index is 11.3. The first-order chi connectivity index (χ1) is 8.69. The molecule has 0 saturated carbocycles. The Labute approximate surface area is 125 Å². The zero-order chi connectivity index (χ0) is 14.6. The summed E-state index contributed by atoms with van der Waals surface area (Å²) in [6, 6.07) is 0. The number of hydrogen-bond donors (Lipinski definition) is 1. The number of halogens is 3. The number of alkyl halides is 3. The second kappa shape index (κ2) is 6.83. The molecular formula is C10H14Cl3NO5. The second-order valence-corrected chi connectivity index (χ2v) is 6.60. The average Bonchev–Trinajstić information content (AvgIpc) is 2.20. The van der Waals surface area contributed by atoms with Crippen molar-refractivity contribution in [3.05, 3.63) is 0 Å². The van der Waals surface area contributed by atoms with Crippen molar-refractivity contribution < 1.29 is 23.8 Å². The van der Waals surface area contributed by atoms with Crippen molar-refractivity contribution >= 4 is 46.9 Å². The van der Waals surface area contributed by atoms with E-state index < -0.39 is 34.9 Å². The fraction of sp³-hybridized carbons (Fsp3) is 0.800. The Morgan fingerprint density at radius 1 is 1.42 bits per heavy atom. The number of rotatable bonds is 4. The molecule has 0 aromatic rings. The van der Waals surface area contributed by atoms with Crippen LogP contribution in [0.1, 0.15) is 13.8 Å². The van der Waals surface area contributed by atoms with Gasteiger partial charge in [-0.15, -0.1) is 0 Å². The molecule has 3 atom stereocenters. The minimum Gasteiger partial charge on any atom is -0.446 e. The van der Waals surface area contributed by atoms with Crippen LogP contribution in [0.4, 0.5) is 4.79 Å². The largest absolute Gasteiger partial charge is 0.508 e. The Hall–Kier alpha value is -0.430. The Kier molecular flexibility index (Phi) is 5.98. The topological polar surface area (TPSA) is 73.9 Å². The Bertz CT molecular complexity index is 347. The number of ether oxygens (including phenoxy) is 3. The van der Waals surface area contributed by atoms with Gasteiger partial charge in [-0.3, -0.25) is 10.1 Å². The maximum Gasteiger partial charge on any atom is 0.508 e. The molecule has 1 aliphatic rings. The molecule has 1 heterocycles. The van der Waals surface area contributed by atoms with E-state index in [-0.39, 0.29) is 5.92 Å². The van der Waals surface area contributed by atoms with Crippen LogP contribution in [0.25, 0.3) is 0 Å². The van der Waals surface area contributed by atoms with Gasteiger partial charge in [-0.25, -0.2) is 4.79 Å². The summed E-state index contributed by atoms with van der Waals surface area (Å²) in [7, 11) is 0. The van der Waals surface area contributed by atoms with Gasteiger partial charge in [0.2, 0.25) is 3.79 Å². The Balaban J connectivity index is 2.32. The Morgan fingerprint density at radius 3 is 2.47 bits per heavy atom. The molecule has 1 N–H and O–H groups in total. The van der Waals surface area contributed by atoms with Gasteiger partial charge in [-0.05, 0) is 6.92 Å². The van der Waals surface area contributed by atoms with E-state index in [9.17, 15) is 9.59 Å². The fourth-order valence-electron chi connectivity index (χ4n) is 1.48. The third kappa shape index (κ3) is 6.03. The lowest BCUT2D eigenvalue weighted by molar-refractivity contribution is -0.163. The van der Waals surface area contributed by atoms with Crippen LogP contribution in [0.2, 0.25) is 0 Å². The van der Waals surface area contributed by atoms with Crippen LogP contribution in [0.3, 0.4) is 0 Å². The van der Waals surface area contributed by atoms with Crippen molar-refractivity contribution in [2.45, 2.75) is 30.0 Å². The van der Waals surface area contributed by atoms with Gasteiger partial charge in [-0.2, -0.15) is 0 Å². The standard InChI is InChI=1S/C10H14Cl3NO5/c1-5(7-3-14-8(7)19-6(2)15)18-9(16)17-4-10(11,12)13/h5,7-8,14H,3-4H2,1-2H3. The first-order valence-electron chi connectivity index (χ1n) is 5.50. The molecule has 0 aromatic carbocycles. The molecule has 0 amide bonds. The molecule has 1 aliphatic heterocycles. The molecule has 0 bridgehead atoms. The highest BCUT2D eigenvalue weighted by molar-refractivity contribution is 6.67. The van der Waals surface area contributed by atoms with Crippen molar-refractivity contribution in [1.82, 2.24) is 5.32 Å². The number of hydrogen-bond acceptors (Lipinski definition) is 6. The lowest BCUT2D eigenvalue weighted by Gasteiger charge is -2.39. The van der Waals surface area contributed by atoms with Crippen molar-refractivity contribution in [2.75, 3.05) is 13.2 Å². The maximum absolute atomic E-state index is 11.3. The van der Waals surface area contributed by atoms with Crippen LogP contribution in [-0.2, 0) is 19.0 Å². The first kappa shape index (κ1) is 16.6. The lowest BCUT2D eigenvalue weighted by Crippen LogP contribution is -2.59. The third-order valence-electron chi connectivity index (χ3n) is 2.48. The molecule has 1 saturated heterocycles. The molecular weight excluding hydrogens is 320 g/mol. The number of carbonyl (C=O) groups excluding carboxylic acids is 2. The summed E-state index contributed by atoms with van der Waals surface area (Å²) in [4.78, 5) is 22.1. The number of esters is 1. The SMILES string of the molecule is CC(=O)OC1NCC1C(C)OC(=O)OCC(Cl)(Cl)Cl. The van der Waals surface area contributed by atoms with Gasteiger partial charge in [0.25, 0.3) is 0 Å². The Morgan fingerprint density at radius 2 is 2.05 bits per heavy atom. The highest BCUT2D eigenvalue weighted by atomic mass is 35.6. The normalized spacial score (nSPS) is 24.1. The van der Waals surface area contributed by atoms with Crippen molar-refractivity contribution in [1.29, 1.82) is 0 Å². The average molecular weight is 335 g/mol. The molecule has 3 unspecified atom stereocenters. The van der Waals surface area contributed by atoms with Crippen LogP contribution in [-0.4, -0.2) is 41.4 Å². The molecule has 1 fully saturated rings. The van der Waals surface area contributed by atoms with Crippen molar-refractivity contribution in [2.24, 2.45) is 5.92 Å². The summed E-state index contributed by atoms with van der Waals surface area (Å²) < 4.78 is 12.9. The molecule has 0 radical (unpaired) electrons. The van der Waals surface area contributed by atoms with Gasteiger partial charge in [0.1, 0.15) is 12.7 Å². The lowest BCUT2D eigenvalue weighted by atomic mass is 9.95. The van der Waals surface area contributed by atoms with Crippen molar-refractivity contribution in [3.63, 3.8) is 0 Å². The van der Waals surface area contributed by atoms with Crippen molar-refractivity contribution in [3.8, 4) is 0 Å². The van der Waals surface area contributed by atoms with Gasteiger partial charge in [0.05, 0.1) is 5.92 Å². The second-order valence-electron chi connectivity index (χ2n) is 4.08. The molecule has 0 spiro atoms. The van der Waals surface area contributed by atoms with Crippen LogP contribution in [0, 0.1) is 5.92 Å². The smallest absolute Gasteiger partial charge is 0.446 e. The quantitative estimate of drug-likeness (QED) is 0.626. The van der Waals surface area contributed by atoms with Crippen LogP contribution in [0.5, 0.6) is 0 Å². The predicted molar refractivity (Wildman–Crippen MR) is 69.2 cm³/mol. The summed E-state index contributed by atoms with van der Waals surface area (Å²) in [6.45, 7) is 3.13. The number of carbonyl (C=O) groups is 2. The summed E-state index contributed by atoms with van der Waals surface area (Å²) in [6.07, 6.45) is -1.89. The summed E-state index contributed by atoms with van der Waals surface area (Å²) >= 11 is 16.3.